The van der Waals surface area contributed by atoms with Crippen LogP contribution in [0.25, 0.3) is 0 Å². The fourth-order valence-corrected chi connectivity index (χ4v) is 3.31. The number of hydrogen-bond donors (Lipinski definition) is 3. The largest absolute Gasteiger partial charge is 0.478 e. The predicted octanol–water partition coefficient (Wildman–Crippen LogP) is -0.120. The van der Waals surface area contributed by atoms with Gasteiger partial charge in [0.2, 0.25) is 5.91 Å². The maximum Gasteiger partial charge on any atom is 0.331 e. The maximum absolute atomic E-state index is 11.5. The Bertz CT molecular complexity index is 529. The lowest BCUT2D eigenvalue weighted by molar-refractivity contribution is -0.133. The molecule has 1 aliphatic heterocycles. The molecule has 7 heteroatoms. The highest BCUT2D eigenvalue weighted by molar-refractivity contribution is 5.87. The van der Waals surface area contributed by atoms with Crippen LogP contribution in [-0.4, -0.2) is 66.8 Å². The van der Waals surface area contributed by atoms with E-state index in [-0.39, 0.29) is 24.4 Å². The third kappa shape index (κ3) is 4.40. The molecule has 0 bridgehead atoms. The van der Waals surface area contributed by atoms with E-state index in [1.165, 1.54) is 6.92 Å². The van der Waals surface area contributed by atoms with Crippen LogP contribution >= 0.6 is 0 Å². The third-order valence-electron chi connectivity index (χ3n) is 4.31. The molecule has 0 aromatic carbocycles. The zero-order chi connectivity index (χ0) is 17.0. The SMILES string of the molecule is COCC1=CCCN([C@@H]2C=C(C(=O)O)C[C@H](N)[C@H]2NC(C)=O)C1. The fourth-order valence-electron chi connectivity index (χ4n) is 3.31. The van der Waals surface area contributed by atoms with E-state index < -0.39 is 12.0 Å². The van der Waals surface area contributed by atoms with Gasteiger partial charge in [0.25, 0.3) is 0 Å². The number of methoxy groups -OCH3 is 1. The molecule has 0 spiro atoms. The number of carboxylic acid groups (broad SMARTS) is 1. The highest BCUT2D eigenvalue weighted by Gasteiger charge is 2.37. The van der Waals surface area contributed by atoms with Crippen LogP contribution in [0.5, 0.6) is 0 Å². The van der Waals surface area contributed by atoms with Gasteiger partial charge < -0.3 is 20.9 Å². The van der Waals surface area contributed by atoms with Crippen molar-refractivity contribution in [3.8, 4) is 0 Å². The number of carbonyl (C=O) groups is 2. The van der Waals surface area contributed by atoms with Crippen LogP contribution in [0, 0.1) is 0 Å². The molecule has 0 aromatic rings. The van der Waals surface area contributed by atoms with Gasteiger partial charge in [-0.15, -0.1) is 0 Å². The molecule has 0 fully saturated rings. The Morgan fingerprint density at radius 3 is 2.87 bits per heavy atom. The highest BCUT2D eigenvalue weighted by Crippen LogP contribution is 2.25. The van der Waals surface area contributed by atoms with Crippen molar-refractivity contribution in [1.82, 2.24) is 10.2 Å². The minimum Gasteiger partial charge on any atom is -0.478 e. The molecule has 23 heavy (non-hydrogen) atoms. The van der Waals surface area contributed by atoms with E-state index >= 15 is 0 Å². The van der Waals surface area contributed by atoms with Crippen LogP contribution in [0.4, 0.5) is 0 Å². The number of rotatable bonds is 5. The van der Waals surface area contributed by atoms with Gasteiger partial charge in [-0.3, -0.25) is 9.69 Å². The minimum absolute atomic E-state index is 0.160. The molecule has 4 N–H and O–H groups in total. The van der Waals surface area contributed by atoms with E-state index in [0.29, 0.717) is 18.7 Å². The Kier molecular flexibility index (Phi) is 5.92. The summed E-state index contributed by atoms with van der Waals surface area (Å²) in [5.74, 6) is -1.11. The summed E-state index contributed by atoms with van der Waals surface area (Å²) in [5, 5.41) is 12.2. The Morgan fingerprint density at radius 1 is 1.52 bits per heavy atom. The third-order valence-corrected chi connectivity index (χ3v) is 4.31. The van der Waals surface area contributed by atoms with Crippen molar-refractivity contribution in [2.45, 2.75) is 37.9 Å². The molecule has 0 radical (unpaired) electrons. The Morgan fingerprint density at radius 2 is 2.26 bits per heavy atom. The average Bonchev–Trinajstić information content (AvgIpc) is 2.49. The second-order valence-electron chi connectivity index (χ2n) is 6.14. The first-order valence-corrected chi connectivity index (χ1v) is 7.80. The maximum atomic E-state index is 11.5. The monoisotopic (exact) mass is 323 g/mol. The lowest BCUT2D eigenvalue weighted by Gasteiger charge is -2.42. The van der Waals surface area contributed by atoms with Gasteiger partial charge >= 0.3 is 5.97 Å². The molecule has 0 saturated carbocycles. The summed E-state index contributed by atoms with van der Waals surface area (Å²) in [4.78, 5) is 25.0. The van der Waals surface area contributed by atoms with Crippen molar-refractivity contribution in [2.75, 3.05) is 26.8 Å². The van der Waals surface area contributed by atoms with E-state index in [2.05, 4.69) is 16.3 Å². The summed E-state index contributed by atoms with van der Waals surface area (Å²) >= 11 is 0. The topological polar surface area (TPSA) is 105 Å². The van der Waals surface area contributed by atoms with E-state index in [4.69, 9.17) is 10.5 Å². The van der Waals surface area contributed by atoms with E-state index in [9.17, 15) is 14.7 Å². The molecule has 128 valence electrons. The smallest absolute Gasteiger partial charge is 0.331 e. The minimum atomic E-state index is -0.948. The number of aliphatic carboxylic acids is 1. The number of carboxylic acids is 1. The van der Waals surface area contributed by atoms with Gasteiger partial charge in [-0.05, 0) is 18.4 Å². The quantitative estimate of drug-likeness (QED) is 0.609. The van der Waals surface area contributed by atoms with E-state index in [1.807, 2.05) is 0 Å². The molecular formula is C16H25N3O4. The summed E-state index contributed by atoms with van der Waals surface area (Å²) in [6.45, 7) is 3.48. The molecule has 0 unspecified atom stereocenters. The second kappa shape index (κ2) is 7.72. The Balaban J connectivity index is 2.25. The lowest BCUT2D eigenvalue weighted by Crippen LogP contribution is -2.61. The molecule has 0 aromatic heterocycles. The van der Waals surface area contributed by atoms with Crippen molar-refractivity contribution in [1.29, 1.82) is 0 Å². The van der Waals surface area contributed by atoms with Gasteiger partial charge in [-0.25, -0.2) is 4.79 Å². The normalized spacial score (nSPS) is 28.7. The number of ether oxygens (including phenoxy) is 1. The van der Waals surface area contributed by atoms with Crippen molar-refractivity contribution in [2.24, 2.45) is 5.73 Å². The number of nitrogens with two attached hydrogens (primary N) is 1. The molecular weight excluding hydrogens is 298 g/mol. The van der Waals surface area contributed by atoms with Crippen LogP contribution in [0.2, 0.25) is 0 Å². The van der Waals surface area contributed by atoms with Gasteiger partial charge in [0.1, 0.15) is 0 Å². The molecule has 0 saturated heterocycles. The van der Waals surface area contributed by atoms with Crippen molar-refractivity contribution in [3.05, 3.63) is 23.3 Å². The summed E-state index contributed by atoms with van der Waals surface area (Å²) in [5.41, 5.74) is 7.63. The predicted molar refractivity (Wildman–Crippen MR) is 85.9 cm³/mol. The summed E-state index contributed by atoms with van der Waals surface area (Å²) in [6, 6.07) is -0.941. The van der Waals surface area contributed by atoms with E-state index in [1.54, 1.807) is 13.2 Å². The molecule has 1 heterocycles. The first-order valence-electron chi connectivity index (χ1n) is 7.80. The van der Waals surface area contributed by atoms with Crippen LogP contribution < -0.4 is 11.1 Å². The first-order chi connectivity index (χ1) is 10.9. The number of nitrogens with zero attached hydrogens (tertiary/aromatic N) is 1. The first kappa shape index (κ1) is 17.7. The zero-order valence-electron chi connectivity index (χ0n) is 13.6. The average molecular weight is 323 g/mol. The van der Waals surface area contributed by atoms with Crippen LogP contribution in [0.15, 0.2) is 23.3 Å². The second-order valence-corrected chi connectivity index (χ2v) is 6.14. The standard InChI is InChI=1S/C16H25N3O4/c1-10(20)18-15-13(17)6-12(16(21)22)7-14(15)19-5-3-4-11(8-19)9-23-2/h4,7,13-15H,3,5-6,8-9,17H2,1-2H3,(H,18,20)(H,21,22)/t13-,14+,15+/m0/s1. The Hall–Kier alpha value is -1.70. The van der Waals surface area contributed by atoms with Gasteiger partial charge in [-0.2, -0.15) is 0 Å². The molecule has 7 nitrogen and oxygen atoms in total. The summed E-state index contributed by atoms with van der Waals surface area (Å²) < 4.78 is 5.19. The van der Waals surface area contributed by atoms with Gasteiger partial charge in [0, 0.05) is 38.7 Å². The van der Waals surface area contributed by atoms with Crippen molar-refractivity contribution in [3.63, 3.8) is 0 Å². The van der Waals surface area contributed by atoms with Crippen LogP contribution in [0.3, 0.4) is 0 Å². The van der Waals surface area contributed by atoms with Crippen molar-refractivity contribution >= 4 is 11.9 Å². The molecule has 3 atom stereocenters. The van der Waals surface area contributed by atoms with E-state index in [0.717, 1.165) is 18.5 Å². The van der Waals surface area contributed by atoms with Crippen molar-refractivity contribution < 1.29 is 19.4 Å². The molecule has 1 aliphatic carbocycles. The number of hydrogen-bond acceptors (Lipinski definition) is 5. The van der Waals surface area contributed by atoms with Gasteiger partial charge in [0.15, 0.2) is 0 Å². The van der Waals surface area contributed by atoms with Gasteiger partial charge in [0.05, 0.1) is 18.7 Å². The molecule has 1 amide bonds. The van der Waals surface area contributed by atoms with Crippen LogP contribution in [0.1, 0.15) is 19.8 Å². The van der Waals surface area contributed by atoms with Crippen LogP contribution in [-0.2, 0) is 14.3 Å². The summed E-state index contributed by atoms with van der Waals surface area (Å²) in [6.07, 6.45) is 5.01. The lowest BCUT2D eigenvalue weighted by atomic mass is 9.85. The summed E-state index contributed by atoms with van der Waals surface area (Å²) in [7, 11) is 1.65. The number of nitrogens with one attached hydrogen (secondary N) is 1. The Labute approximate surface area is 136 Å². The number of carbonyl (C=O) groups excluding carboxylic acids is 1. The molecule has 2 aliphatic rings. The fraction of sp³-hybridized carbons (Fsp3) is 0.625. The highest BCUT2D eigenvalue weighted by atomic mass is 16.5. The molecule has 2 rings (SSSR count). The number of amides is 1. The van der Waals surface area contributed by atoms with Gasteiger partial charge in [-0.1, -0.05) is 12.2 Å². The zero-order valence-corrected chi connectivity index (χ0v) is 13.6.